The molecule has 0 fully saturated rings. The molecule has 2 aromatic rings. The summed E-state index contributed by atoms with van der Waals surface area (Å²) in [4.78, 5) is 22.4. The van der Waals surface area contributed by atoms with Crippen LogP contribution >= 0.6 is 0 Å². The minimum Gasteiger partial charge on any atom is -0.493 e. The van der Waals surface area contributed by atoms with Gasteiger partial charge in [-0.25, -0.2) is 4.99 Å². The van der Waals surface area contributed by atoms with Crippen LogP contribution in [0.4, 0.5) is 0 Å². The summed E-state index contributed by atoms with van der Waals surface area (Å²) in [6.07, 6.45) is 2.57. The van der Waals surface area contributed by atoms with Crippen LogP contribution in [0, 0.1) is 0 Å². The molecule has 0 spiro atoms. The van der Waals surface area contributed by atoms with E-state index in [2.05, 4.69) is 20.6 Å². The van der Waals surface area contributed by atoms with Gasteiger partial charge in [0.25, 0.3) is 0 Å². The first-order valence-electron chi connectivity index (χ1n) is 9.00. The van der Waals surface area contributed by atoms with Crippen molar-refractivity contribution in [1.29, 1.82) is 0 Å². The van der Waals surface area contributed by atoms with Crippen LogP contribution in [0.15, 0.2) is 53.7 Å². The van der Waals surface area contributed by atoms with Crippen molar-refractivity contribution in [3.63, 3.8) is 0 Å². The maximum atomic E-state index is 12.0. The predicted octanol–water partition coefficient (Wildman–Crippen LogP) is 1.73. The van der Waals surface area contributed by atoms with E-state index >= 15 is 0 Å². The summed E-state index contributed by atoms with van der Waals surface area (Å²) >= 11 is 0. The summed E-state index contributed by atoms with van der Waals surface area (Å²) in [7, 11) is 3.47. The normalized spacial score (nSPS) is 16.1. The van der Waals surface area contributed by atoms with Gasteiger partial charge in [0.15, 0.2) is 5.96 Å². The zero-order valence-electron chi connectivity index (χ0n) is 15.7. The average molecular weight is 367 g/mol. The molecule has 0 bridgehead atoms. The predicted molar refractivity (Wildman–Crippen MR) is 105 cm³/mol. The Hall–Kier alpha value is -3.09. The first-order valence-corrected chi connectivity index (χ1v) is 9.00. The highest BCUT2D eigenvalue weighted by Crippen LogP contribution is 2.31. The van der Waals surface area contributed by atoms with Gasteiger partial charge >= 0.3 is 0 Å². The van der Waals surface area contributed by atoms with Crippen molar-refractivity contribution in [2.45, 2.75) is 19.0 Å². The Morgan fingerprint density at radius 3 is 2.85 bits per heavy atom. The molecule has 1 aliphatic heterocycles. The van der Waals surface area contributed by atoms with E-state index in [1.807, 2.05) is 42.5 Å². The third kappa shape index (κ3) is 5.20. The number of amides is 1. The molecule has 7 nitrogen and oxygen atoms in total. The van der Waals surface area contributed by atoms with E-state index in [0.717, 1.165) is 23.4 Å². The van der Waals surface area contributed by atoms with Crippen molar-refractivity contribution >= 4 is 11.9 Å². The van der Waals surface area contributed by atoms with E-state index < -0.39 is 0 Å². The number of nitrogens with zero attached hydrogens (tertiary/aromatic N) is 3. The van der Waals surface area contributed by atoms with Crippen molar-refractivity contribution in [1.82, 2.24) is 20.5 Å². The molecule has 1 unspecified atom stereocenters. The Labute approximate surface area is 159 Å². The number of hydrogen-bond donors (Lipinski definition) is 2. The van der Waals surface area contributed by atoms with Crippen molar-refractivity contribution in [3.8, 4) is 5.75 Å². The van der Waals surface area contributed by atoms with Crippen LogP contribution in [-0.4, -0.2) is 49.0 Å². The largest absolute Gasteiger partial charge is 0.493 e. The number of hydrogen-bond acceptors (Lipinski definition) is 4. The minimum absolute atomic E-state index is 0.0188. The molecule has 27 heavy (non-hydrogen) atoms. The lowest BCUT2D eigenvalue weighted by atomic mass is 10.0. The summed E-state index contributed by atoms with van der Waals surface area (Å²) < 4.78 is 5.72. The third-order valence-electron chi connectivity index (χ3n) is 4.30. The second-order valence-corrected chi connectivity index (χ2v) is 6.50. The number of carbonyl (C=O) groups is 1. The maximum Gasteiger partial charge on any atom is 0.241 e. The number of para-hydroxylation sites is 1. The number of guanidine groups is 1. The van der Waals surface area contributed by atoms with Gasteiger partial charge in [-0.05, 0) is 18.2 Å². The Kier molecular flexibility index (Phi) is 6.25. The SMILES string of the molecule is CN(C)C(=O)CNC(=NCc1ccccn1)NC1CCOc2ccccc21. The highest BCUT2D eigenvalue weighted by molar-refractivity contribution is 5.86. The Morgan fingerprint density at radius 1 is 1.26 bits per heavy atom. The third-order valence-corrected chi connectivity index (χ3v) is 4.30. The Balaban J connectivity index is 1.74. The van der Waals surface area contributed by atoms with Gasteiger partial charge in [0, 0.05) is 32.3 Å². The number of rotatable bonds is 5. The first-order chi connectivity index (χ1) is 13.1. The van der Waals surface area contributed by atoms with Gasteiger partial charge in [-0.1, -0.05) is 24.3 Å². The fourth-order valence-corrected chi connectivity index (χ4v) is 2.78. The fourth-order valence-electron chi connectivity index (χ4n) is 2.78. The molecule has 142 valence electrons. The summed E-state index contributed by atoms with van der Waals surface area (Å²) in [5, 5.41) is 6.57. The summed E-state index contributed by atoms with van der Waals surface area (Å²) in [6, 6.07) is 13.8. The van der Waals surface area contributed by atoms with Crippen molar-refractivity contribution < 1.29 is 9.53 Å². The highest BCUT2D eigenvalue weighted by Gasteiger charge is 2.22. The summed E-state index contributed by atoms with van der Waals surface area (Å²) in [5.41, 5.74) is 1.96. The molecular weight excluding hydrogens is 342 g/mol. The molecule has 1 atom stereocenters. The summed E-state index contributed by atoms with van der Waals surface area (Å²) in [6.45, 7) is 1.24. The number of nitrogens with one attached hydrogen (secondary N) is 2. The lowest BCUT2D eigenvalue weighted by Gasteiger charge is -2.28. The quantitative estimate of drug-likeness (QED) is 0.622. The zero-order chi connectivity index (χ0) is 19.1. The van der Waals surface area contributed by atoms with Gasteiger partial charge in [-0.2, -0.15) is 0 Å². The molecule has 7 heteroatoms. The summed E-state index contributed by atoms with van der Waals surface area (Å²) in [5.74, 6) is 1.45. The number of benzene rings is 1. The van der Waals surface area contributed by atoms with Gasteiger partial charge < -0.3 is 20.3 Å². The smallest absolute Gasteiger partial charge is 0.241 e. The van der Waals surface area contributed by atoms with Gasteiger partial charge in [0.05, 0.1) is 31.4 Å². The zero-order valence-corrected chi connectivity index (χ0v) is 15.7. The monoisotopic (exact) mass is 367 g/mol. The standard InChI is InChI=1S/C20H25N5O2/c1-25(2)19(26)14-23-20(22-13-15-7-5-6-11-21-15)24-17-10-12-27-18-9-4-3-8-16(17)18/h3-9,11,17H,10,12-14H2,1-2H3,(H2,22,23,24). The maximum absolute atomic E-state index is 12.0. The van der Waals surface area contributed by atoms with Crippen LogP contribution in [0.2, 0.25) is 0 Å². The lowest BCUT2D eigenvalue weighted by molar-refractivity contribution is -0.127. The molecular formula is C20H25N5O2. The number of carbonyl (C=O) groups excluding carboxylic acids is 1. The highest BCUT2D eigenvalue weighted by atomic mass is 16.5. The van der Waals surface area contributed by atoms with Crippen LogP contribution < -0.4 is 15.4 Å². The molecule has 0 saturated heterocycles. The Morgan fingerprint density at radius 2 is 2.07 bits per heavy atom. The molecule has 3 rings (SSSR count). The van der Waals surface area contributed by atoms with Gasteiger partial charge in [-0.3, -0.25) is 9.78 Å². The molecule has 2 heterocycles. The number of ether oxygens (including phenoxy) is 1. The molecule has 2 N–H and O–H groups in total. The number of aromatic nitrogens is 1. The van der Waals surface area contributed by atoms with Gasteiger partial charge in [-0.15, -0.1) is 0 Å². The van der Waals surface area contributed by atoms with E-state index in [-0.39, 0.29) is 18.5 Å². The van der Waals surface area contributed by atoms with Gasteiger partial charge in [0.2, 0.25) is 5.91 Å². The van der Waals surface area contributed by atoms with Crippen LogP contribution in [0.25, 0.3) is 0 Å². The number of aliphatic imine (C=N–C) groups is 1. The van der Waals surface area contributed by atoms with E-state index in [4.69, 9.17) is 4.74 Å². The number of likely N-dealkylation sites (N-methyl/N-ethyl adjacent to an activating group) is 1. The lowest BCUT2D eigenvalue weighted by Crippen LogP contribution is -2.45. The topological polar surface area (TPSA) is 78.9 Å². The fraction of sp³-hybridized carbons (Fsp3) is 0.350. The first kappa shape index (κ1) is 18.7. The molecule has 1 aromatic heterocycles. The average Bonchev–Trinajstić information content (AvgIpc) is 2.70. The van der Waals surface area contributed by atoms with Crippen LogP contribution in [0.3, 0.4) is 0 Å². The molecule has 0 aliphatic carbocycles. The second-order valence-electron chi connectivity index (χ2n) is 6.50. The van der Waals surface area contributed by atoms with Crippen LogP contribution in [-0.2, 0) is 11.3 Å². The van der Waals surface area contributed by atoms with Crippen molar-refractivity contribution in [2.75, 3.05) is 27.2 Å². The van der Waals surface area contributed by atoms with Crippen molar-refractivity contribution in [2.24, 2.45) is 4.99 Å². The number of fused-ring (bicyclic) bond motifs is 1. The molecule has 1 amide bonds. The van der Waals surface area contributed by atoms with E-state index in [9.17, 15) is 4.79 Å². The Bertz CT molecular complexity index is 792. The molecule has 1 aromatic carbocycles. The van der Waals surface area contributed by atoms with E-state index in [0.29, 0.717) is 19.1 Å². The van der Waals surface area contributed by atoms with Crippen LogP contribution in [0.1, 0.15) is 23.7 Å². The molecule has 0 saturated carbocycles. The van der Waals surface area contributed by atoms with Gasteiger partial charge in [0.1, 0.15) is 5.75 Å². The minimum atomic E-state index is -0.0188. The second kappa shape index (κ2) is 9.02. The molecule has 1 aliphatic rings. The van der Waals surface area contributed by atoms with Crippen molar-refractivity contribution in [3.05, 3.63) is 59.9 Å². The van der Waals surface area contributed by atoms with E-state index in [1.54, 1.807) is 25.2 Å². The number of pyridine rings is 1. The van der Waals surface area contributed by atoms with Crippen LogP contribution in [0.5, 0.6) is 5.75 Å². The van der Waals surface area contributed by atoms with E-state index in [1.165, 1.54) is 0 Å². The molecule has 0 radical (unpaired) electrons.